The second-order valence-electron chi connectivity index (χ2n) is 4.52. The zero-order valence-electron chi connectivity index (χ0n) is 11.9. The van der Waals surface area contributed by atoms with Crippen LogP contribution in [0.25, 0.3) is 11.1 Å². The van der Waals surface area contributed by atoms with Gasteiger partial charge in [0.2, 0.25) is 0 Å². The van der Waals surface area contributed by atoms with E-state index in [9.17, 15) is 9.13 Å². The predicted octanol–water partition coefficient (Wildman–Crippen LogP) is 4.49. The summed E-state index contributed by atoms with van der Waals surface area (Å²) in [6, 6.07) is 15.4. The zero-order chi connectivity index (χ0) is 15.2. The van der Waals surface area contributed by atoms with Gasteiger partial charge in [0.05, 0.1) is 0 Å². The Balaban J connectivity index is 2.52. The molecule has 0 heterocycles. The fourth-order valence-electron chi connectivity index (χ4n) is 1.98. The zero-order valence-corrected chi connectivity index (χ0v) is 14.3. The molecule has 114 valence electrons. The van der Waals surface area contributed by atoms with Crippen LogP contribution in [0.2, 0.25) is 4.89 Å². The van der Waals surface area contributed by atoms with Crippen LogP contribution in [0.3, 0.4) is 0 Å². The summed E-state index contributed by atoms with van der Waals surface area (Å²) in [5.41, 5.74) is 8.63. The van der Waals surface area contributed by atoms with E-state index in [2.05, 4.69) is 6.92 Å². The number of unbranched alkanes of at least 4 members (excludes halogenated alkanes) is 1. The first-order valence-electron chi connectivity index (χ1n) is 6.79. The van der Waals surface area contributed by atoms with Gasteiger partial charge in [0.15, 0.2) is 0 Å². The summed E-state index contributed by atoms with van der Waals surface area (Å²) in [6.45, 7) is 2.08. The van der Waals surface area contributed by atoms with Crippen LogP contribution in [0.15, 0.2) is 48.5 Å². The minimum absolute atomic E-state index is 0.686. The van der Waals surface area contributed by atoms with Crippen molar-refractivity contribution < 1.29 is 25.4 Å². The summed E-state index contributed by atoms with van der Waals surface area (Å²) in [7, 11) is 0. The second-order valence-corrected chi connectivity index (χ2v) is 11.6. The van der Waals surface area contributed by atoms with E-state index in [-0.39, 0.29) is 0 Å². The molecule has 3 nitrogen and oxygen atoms in total. The van der Waals surface area contributed by atoms with Gasteiger partial charge >= 0.3 is 131 Å². The standard InChI is InChI=1S/C12H10N.C4H9.O2P.Pd/c13-12-9-5-4-8-11(12)10-6-2-1-3-7-10;1-3-4-2;1-3-2;/h1-6,8-9H,13H2;1,3-4H2,2H3;;/q;;;+1. The number of anilines is 1. The molecule has 0 amide bonds. The molecule has 2 N–H and O–H groups in total. The number of hydrogen-bond donors (Lipinski definition) is 1. The first-order chi connectivity index (χ1) is 10.1. The average molecular weight is 395 g/mol. The van der Waals surface area contributed by atoms with Crippen molar-refractivity contribution >= 4 is 15.6 Å². The molecule has 0 aliphatic heterocycles. The molecule has 2 rings (SSSR count). The number of hydrogen-bond acceptors (Lipinski definition) is 3. The van der Waals surface area contributed by atoms with Crippen molar-refractivity contribution in [3.63, 3.8) is 0 Å². The van der Waals surface area contributed by atoms with Gasteiger partial charge in [0.25, 0.3) is 0 Å². The second kappa shape index (κ2) is 7.71. The molecule has 0 unspecified atom stereocenters. The summed E-state index contributed by atoms with van der Waals surface area (Å²) in [5.74, 6) is -2.39. The molecule has 0 saturated carbocycles. The molecule has 0 aliphatic carbocycles. The minimum atomic E-state index is -2.39. The Hall–Kier alpha value is -1.20. The first kappa shape index (κ1) is 16.2. The molecule has 0 bridgehead atoms. The molecule has 5 heteroatoms. The maximum atomic E-state index is 11.7. The Kier molecular flexibility index (Phi) is 5.94. The van der Waals surface area contributed by atoms with Crippen molar-refractivity contribution in [1.82, 2.24) is 0 Å². The van der Waals surface area contributed by atoms with E-state index in [1.54, 1.807) is 0 Å². The van der Waals surface area contributed by atoms with E-state index in [1.807, 2.05) is 48.5 Å². The predicted molar refractivity (Wildman–Crippen MR) is 83.9 cm³/mol. The van der Waals surface area contributed by atoms with Crippen LogP contribution in [0, 0.1) is 0 Å². The van der Waals surface area contributed by atoms with Crippen LogP contribution >= 0.6 is 5.87 Å². The number of nitrogens with two attached hydrogens (primary N) is 1. The first-order valence-corrected chi connectivity index (χ1v) is 11.8. The number of para-hydroxylation sites is 1. The third-order valence-electron chi connectivity index (χ3n) is 3.05. The van der Waals surface area contributed by atoms with Crippen molar-refractivity contribution in [3.8, 4) is 11.1 Å². The third kappa shape index (κ3) is 3.92. The van der Waals surface area contributed by atoms with Gasteiger partial charge in [-0.25, -0.2) is 0 Å². The molecule has 0 aliphatic rings. The summed E-state index contributed by atoms with van der Waals surface area (Å²) in [4.78, 5) is 0.768. The Bertz CT molecular complexity index is 677. The fraction of sp³-hybridized carbons (Fsp3) is 0.250. The Morgan fingerprint density at radius 2 is 1.62 bits per heavy atom. The molecule has 0 radical (unpaired) electrons. The van der Waals surface area contributed by atoms with Gasteiger partial charge < -0.3 is 0 Å². The van der Waals surface area contributed by atoms with Gasteiger partial charge in [0, 0.05) is 0 Å². The van der Waals surface area contributed by atoms with E-state index in [4.69, 9.17) is 5.73 Å². The molecule has 0 saturated heterocycles. The van der Waals surface area contributed by atoms with Crippen molar-refractivity contribution in [2.45, 2.75) is 24.7 Å². The van der Waals surface area contributed by atoms with Crippen LogP contribution in [-0.4, -0.2) is 0 Å². The van der Waals surface area contributed by atoms with Crippen LogP contribution in [-0.2, 0) is 25.4 Å². The van der Waals surface area contributed by atoms with Gasteiger partial charge in [0.1, 0.15) is 0 Å². The van der Waals surface area contributed by atoms with Crippen molar-refractivity contribution in [1.29, 1.82) is 0 Å². The molecule has 0 aromatic heterocycles. The van der Waals surface area contributed by atoms with Crippen molar-refractivity contribution in [3.05, 3.63) is 48.5 Å². The SMILES string of the molecule is CCC[CH2][Pd+]([c]1ccccc1-c1ccccc1N)[P](=O)=O. The molecule has 2 aromatic carbocycles. The number of benzene rings is 2. The fourth-order valence-corrected chi connectivity index (χ4v) is 8.07. The molecular formula is C16H19NO2PPd+. The van der Waals surface area contributed by atoms with Gasteiger partial charge in [-0.2, -0.15) is 0 Å². The van der Waals surface area contributed by atoms with Gasteiger partial charge in [-0.05, 0) is 0 Å². The summed E-state index contributed by atoms with van der Waals surface area (Å²) < 4.78 is 24.4. The van der Waals surface area contributed by atoms with E-state index < -0.39 is 22.1 Å². The molecular weight excluding hydrogens is 376 g/mol. The summed E-state index contributed by atoms with van der Waals surface area (Å²) in [5, 5.41) is 0. The number of rotatable bonds is 6. The summed E-state index contributed by atoms with van der Waals surface area (Å²) >= 11 is -1.76. The Morgan fingerprint density at radius 3 is 2.24 bits per heavy atom. The van der Waals surface area contributed by atoms with E-state index in [1.165, 1.54) is 0 Å². The van der Waals surface area contributed by atoms with Gasteiger partial charge in [-0.15, -0.1) is 0 Å². The van der Waals surface area contributed by atoms with Crippen LogP contribution in [0.1, 0.15) is 19.8 Å². The molecule has 2 aromatic rings. The molecule has 0 spiro atoms. The van der Waals surface area contributed by atoms with E-state index in [0.717, 1.165) is 32.9 Å². The normalized spacial score (nSPS) is 11.2. The van der Waals surface area contributed by atoms with E-state index >= 15 is 0 Å². The quantitative estimate of drug-likeness (QED) is 0.446. The van der Waals surface area contributed by atoms with Gasteiger partial charge in [-0.1, -0.05) is 0 Å². The topological polar surface area (TPSA) is 60.2 Å². The monoisotopic (exact) mass is 394 g/mol. The molecule has 0 atom stereocenters. The van der Waals surface area contributed by atoms with Crippen molar-refractivity contribution in [2.75, 3.05) is 5.73 Å². The Labute approximate surface area is 131 Å². The maximum absolute atomic E-state index is 11.7. The summed E-state index contributed by atoms with van der Waals surface area (Å²) in [6.07, 6.45) is 1.96. The van der Waals surface area contributed by atoms with Crippen LogP contribution < -0.4 is 9.77 Å². The van der Waals surface area contributed by atoms with Crippen LogP contribution in [0.5, 0.6) is 0 Å². The molecule has 0 fully saturated rings. The van der Waals surface area contributed by atoms with E-state index in [0.29, 0.717) is 5.69 Å². The average Bonchev–Trinajstić information content (AvgIpc) is 2.48. The molecule has 21 heavy (non-hydrogen) atoms. The van der Waals surface area contributed by atoms with Gasteiger partial charge in [-0.3, -0.25) is 0 Å². The Morgan fingerprint density at radius 1 is 1.00 bits per heavy atom. The van der Waals surface area contributed by atoms with Crippen LogP contribution in [0.4, 0.5) is 5.69 Å². The number of nitrogen functional groups attached to an aromatic ring is 1. The van der Waals surface area contributed by atoms with Crippen molar-refractivity contribution in [2.24, 2.45) is 0 Å². The third-order valence-corrected chi connectivity index (χ3v) is 10.1.